The predicted molar refractivity (Wildman–Crippen MR) is 106 cm³/mol. The normalized spacial score (nSPS) is 23.1. The molecule has 2 aliphatic heterocycles. The van der Waals surface area contributed by atoms with Crippen molar-refractivity contribution in [1.29, 1.82) is 0 Å². The van der Waals surface area contributed by atoms with Crippen molar-refractivity contribution in [1.82, 2.24) is 34.4 Å². The van der Waals surface area contributed by atoms with E-state index in [0.717, 1.165) is 57.2 Å². The standard InChI is InChI=1S/C18H24N10/c19-14-9-15(20)28-18(23-14)24-16(25-28)8-12-2-3-13-11-27(7-6-26(13)10-12)17-21-4-1-5-22-17/h1,4-5,9,12-13H,2-3,6-8,10-11,20H2,(H2,19,23,24,25). The van der Waals surface area contributed by atoms with E-state index >= 15 is 0 Å². The summed E-state index contributed by atoms with van der Waals surface area (Å²) in [5, 5.41) is 4.52. The zero-order valence-corrected chi connectivity index (χ0v) is 15.6. The van der Waals surface area contributed by atoms with Gasteiger partial charge in [-0.1, -0.05) is 0 Å². The number of anilines is 3. The second-order valence-electron chi connectivity index (χ2n) is 7.64. The van der Waals surface area contributed by atoms with Crippen molar-refractivity contribution in [2.75, 3.05) is 42.5 Å². The topological polar surface area (TPSA) is 127 Å². The molecule has 0 bridgehead atoms. The first-order chi connectivity index (χ1) is 13.7. The molecule has 0 aromatic carbocycles. The van der Waals surface area contributed by atoms with E-state index in [4.69, 9.17) is 11.5 Å². The Morgan fingerprint density at radius 2 is 1.89 bits per heavy atom. The van der Waals surface area contributed by atoms with E-state index in [-0.39, 0.29) is 0 Å². The number of piperidine rings is 1. The van der Waals surface area contributed by atoms with E-state index in [9.17, 15) is 0 Å². The molecule has 2 unspecified atom stereocenters. The van der Waals surface area contributed by atoms with Gasteiger partial charge < -0.3 is 16.4 Å². The summed E-state index contributed by atoms with van der Waals surface area (Å²) < 4.78 is 1.57. The summed E-state index contributed by atoms with van der Waals surface area (Å²) in [5.41, 5.74) is 11.7. The van der Waals surface area contributed by atoms with E-state index < -0.39 is 0 Å². The summed E-state index contributed by atoms with van der Waals surface area (Å²) in [6.45, 7) is 4.04. The number of nitrogens with zero attached hydrogens (tertiary/aromatic N) is 8. The third-order valence-corrected chi connectivity index (χ3v) is 5.72. The van der Waals surface area contributed by atoms with Crippen LogP contribution in [0.5, 0.6) is 0 Å². The van der Waals surface area contributed by atoms with Crippen molar-refractivity contribution in [3.05, 3.63) is 30.4 Å². The first-order valence-corrected chi connectivity index (χ1v) is 9.69. The molecule has 2 atom stereocenters. The van der Waals surface area contributed by atoms with Gasteiger partial charge in [-0.05, 0) is 24.8 Å². The van der Waals surface area contributed by atoms with Crippen LogP contribution in [0.2, 0.25) is 0 Å². The predicted octanol–water partition coefficient (Wildman–Crippen LogP) is 0.222. The van der Waals surface area contributed by atoms with Gasteiger partial charge in [0.05, 0.1) is 0 Å². The zero-order chi connectivity index (χ0) is 19.1. The quantitative estimate of drug-likeness (QED) is 0.656. The molecule has 0 radical (unpaired) electrons. The number of piperazine rings is 1. The molecule has 0 saturated carbocycles. The largest absolute Gasteiger partial charge is 0.383 e. The second-order valence-corrected chi connectivity index (χ2v) is 7.64. The van der Waals surface area contributed by atoms with Crippen LogP contribution in [0.25, 0.3) is 5.78 Å². The summed E-state index contributed by atoms with van der Waals surface area (Å²) in [4.78, 5) is 22.4. The Labute approximate surface area is 162 Å². The van der Waals surface area contributed by atoms with Crippen LogP contribution in [-0.4, -0.2) is 66.7 Å². The summed E-state index contributed by atoms with van der Waals surface area (Å²) >= 11 is 0. The smallest absolute Gasteiger partial charge is 0.256 e. The number of aromatic nitrogens is 6. The Kier molecular flexibility index (Phi) is 4.19. The molecular weight excluding hydrogens is 356 g/mol. The summed E-state index contributed by atoms with van der Waals surface area (Å²) in [6, 6.07) is 4.02. The van der Waals surface area contributed by atoms with Crippen molar-refractivity contribution in [3.63, 3.8) is 0 Å². The Hall–Kier alpha value is -3.01. The van der Waals surface area contributed by atoms with Gasteiger partial charge in [-0.3, -0.25) is 4.90 Å². The van der Waals surface area contributed by atoms with Crippen molar-refractivity contribution in [2.24, 2.45) is 5.92 Å². The molecule has 2 fully saturated rings. The van der Waals surface area contributed by atoms with Crippen molar-refractivity contribution < 1.29 is 0 Å². The van der Waals surface area contributed by atoms with Crippen LogP contribution >= 0.6 is 0 Å². The Morgan fingerprint density at radius 3 is 2.75 bits per heavy atom. The van der Waals surface area contributed by atoms with Gasteiger partial charge in [0.1, 0.15) is 11.6 Å². The molecule has 5 rings (SSSR count). The van der Waals surface area contributed by atoms with Crippen molar-refractivity contribution in [3.8, 4) is 0 Å². The number of hydrogen-bond acceptors (Lipinski definition) is 9. The molecule has 5 heterocycles. The lowest BCUT2D eigenvalue weighted by atomic mass is 9.89. The van der Waals surface area contributed by atoms with Gasteiger partial charge in [0.15, 0.2) is 5.82 Å². The number of nitrogens with two attached hydrogens (primary N) is 2. The number of fused-ring (bicyclic) bond motifs is 2. The second kappa shape index (κ2) is 6.86. The molecule has 3 aromatic heterocycles. The van der Waals surface area contributed by atoms with Crippen LogP contribution in [0, 0.1) is 5.92 Å². The molecule has 10 nitrogen and oxygen atoms in total. The van der Waals surface area contributed by atoms with E-state index in [1.165, 1.54) is 0 Å². The highest BCUT2D eigenvalue weighted by atomic mass is 15.4. The minimum absolute atomic E-state index is 0.365. The molecule has 0 spiro atoms. The molecule has 146 valence electrons. The summed E-state index contributed by atoms with van der Waals surface area (Å²) in [5.74, 6) is 3.45. The monoisotopic (exact) mass is 380 g/mol. The van der Waals surface area contributed by atoms with Gasteiger partial charge in [0.25, 0.3) is 5.78 Å². The fourth-order valence-electron chi connectivity index (χ4n) is 4.36. The van der Waals surface area contributed by atoms with E-state index in [0.29, 0.717) is 29.4 Å². The highest BCUT2D eigenvalue weighted by Gasteiger charge is 2.34. The van der Waals surface area contributed by atoms with Gasteiger partial charge in [-0.15, -0.1) is 5.10 Å². The molecule has 28 heavy (non-hydrogen) atoms. The molecule has 4 N–H and O–H groups in total. The lowest BCUT2D eigenvalue weighted by Crippen LogP contribution is -2.57. The minimum atomic E-state index is 0.365. The number of rotatable bonds is 3. The Balaban J connectivity index is 1.24. The van der Waals surface area contributed by atoms with Gasteiger partial charge in [-0.25, -0.2) is 9.97 Å². The number of hydrogen-bond donors (Lipinski definition) is 2. The van der Waals surface area contributed by atoms with Crippen molar-refractivity contribution in [2.45, 2.75) is 25.3 Å². The first-order valence-electron chi connectivity index (χ1n) is 9.69. The Bertz CT molecular complexity index is 971. The SMILES string of the molecule is Nc1cc(N)n2nc(CC3CCC4CN(c5ncccn5)CCN4C3)nc2n1. The van der Waals surface area contributed by atoms with E-state index in [1.54, 1.807) is 10.6 Å². The van der Waals surface area contributed by atoms with E-state index in [1.807, 2.05) is 18.5 Å². The van der Waals surface area contributed by atoms with Crippen LogP contribution in [0.15, 0.2) is 24.5 Å². The van der Waals surface area contributed by atoms with Crippen LogP contribution < -0.4 is 16.4 Å². The zero-order valence-electron chi connectivity index (χ0n) is 15.6. The van der Waals surface area contributed by atoms with Gasteiger partial charge in [-0.2, -0.15) is 14.5 Å². The molecule has 2 saturated heterocycles. The molecule has 10 heteroatoms. The van der Waals surface area contributed by atoms with Crippen molar-refractivity contribution >= 4 is 23.4 Å². The third-order valence-electron chi connectivity index (χ3n) is 5.72. The molecular formula is C18H24N10. The van der Waals surface area contributed by atoms with Crippen LogP contribution in [0.3, 0.4) is 0 Å². The first kappa shape index (κ1) is 17.1. The lowest BCUT2D eigenvalue weighted by molar-refractivity contribution is 0.0944. The van der Waals surface area contributed by atoms with Crippen LogP contribution in [-0.2, 0) is 6.42 Å². The van der Waals surface area contributed by atoms with E-state index in [2.05, 4.69) is 34.8 Å². The Morgan fingerprint density at radius 1 is 1.04 bits per heavy atom. The van der Waals surface area contributed by atoms with Gasteiger partial charge in [0, 0.05) is 57.1 Å². The maximum absolute atomic E-state index is 5.97. The average Bonchev–Trinajstić information content (AvgIpc) is 3.11. The van der Waals surface area contributed by atoms with Gasteiger partial charge >= 0.3 is 0 Å². The lowest BCUT2D eigenvalue weighted by Gasteiger charge is -2.46. The molecule has 3 aromatic rings. The fraction of sp³-hybridized carbons (Fsp3) is 0.500. The third kappa shape index (κ3) is 3.19. The van der Waals surface area contributed by atoms with Crippen LogP contribution in [0.1, 0.15) is 18.7 Å². The summed E-state index contributed by atoms with van der Waals surface area (Å²) in [6.07, 6.45) is 6.77. The van der Waals surface area contributed by atoms with Crippen LogP contribution in [0.4, 0.5) is 17.6 Å². The molecule has 2 aliphatic rings. The highest BCUT2D eigenvalue weighted by Crippen LogP contribution is 2.28. The number of nitrogen functional groups attached to an aromatic ring is 2. The fourth-order valence-corrected chi connectivity index (χ4v) is 4.36. The average molecular weight is 380 g/mol. The highest BCUT2D eigenvalue weighted by molar-refractivity contribution is 5.49. The summed E-state index contributed by atoms with van der Waals surface area (Å²) in [7, 11) is 0. The maximum atomic E-state index is 5.97. The maximum Gasteiger partial charge on any atom is 0.256 e. The van der Waals surface area contributed by atoms with Gasteiger partial charge in [0.2, 0.25) is 5.95 Å². The minimum Gasteiger partial charge on any atom is -0.383 e. The molecule has 0 amide bonds. The molecule has 0 aliphatic carbocycles.